The van der Waals surface area contributed by atoms with Gasteiger partial charge in [-0.2, -0.15) is 4.72 Å². The summed E-state index contributed by atoms with van der Waals surface area (Å²) in [6, 6.07) is 13.1. The number of carbonyl (C=O) groups is 1. The van der Waals surface area contributed by atoms with Crippen LogP contribution in [0.4, 0.5) is 0 Å². The molecule has 1 saturated heterocycles. The predicted molar refractivity (Wildman–Crippen MR) is 118 cm³/mol. The first-order valence-electron chi connectivity index (χ1n) is 9.16. The maximum Gasteiger partial charge on any atom is 0.250 e. The first-order valence-corrected chi connectivity index (χ1v) is 11.8. The summed E-state index contributed by atoms with van der Waals surface area (Å²) in [7, 11) is -3.83. The first kappa shape index (κ1) is 20.8. The normalized spacial score (nSPS) is 17.0. The van der Waals surface area contributed by atoms with E-state index in [2.05, 4.69) is 4.72 Å². The van der Waals surface area contributed by atoms with Crippen molar-refractivity contribution in [1.82, 2.24) is 9.62 Å². The number of sulfonamides is 1. The topological polar surface area (TPSA) is 116 Å². The fraction of sp³-hybridized carbons (Fsp3) is 0.200. The second-order valence-corrected chi connectivity index (χ2v) is 10.5. The Morgan fingerprint density at radius 2 is 2.07 bits per heavy atom. The molecule has 30 heavy (non-hydrogen) atoms. The van der Waals surface area contributed by atoms with Gasteiger partial charge in [0.2, 0.25) is 5.91 Å². The summed E-state index contributed by atoms with van der Waals surface area (Å²) in [5, 5.41) is 8.86. The standard InChI is InChI=1S/C20H19ClN4O3S2/c21-15-5-4-13-9-18(29-17(13)10-15)30(27,28)24-16-6-7-25(20(16)26)11-12-2-1-3-14(8-12)19(22)23/h1-5,8-10,16,24H,6-7,11H2,(H3,22,23)/t16-/m0/s1. The third kappa shape index (κ3) is 4.20. The number of amides is 1. The van der Waals surface area contributed by atoms with Crippen LogP contribution in [0.2, 0.25) is 5.02 Å². The van der Waals surface area contributed by atoms with Crippen molar-refractivity contribution in [3.63, 3.8) is 0 Å². The van der Waals surface area contributed by atoms with Crippen molar-refractivity contribution in [3.8, 4) is 0 Å². The molecule has 156 valence electrons. The zero-order chi connectivity index (χ0) is 21.5. The van der Waals surface area contributed by atoms with E-state index < -0.39 is 16.1 Å². The Bertz CT molecular complexity index is 1260. The number of nitrogens with one attached hydrogen (secondary N) is 2. The van der Waals surface area contributed by atoms with Crippen molar-refractivity contribution in [3.05, 3.63) is 64.7 Å². The van der Waals surface area contributed by atoms with E-state index in [-0.39, 0.29) is 16.0 Å². The van der Waals surface area contributed by atoms with Crippen LogP contribution >= 0.6 is 22.9 Å². The molecule has 1 aliphatic heterocycles. The lowest BCUT2D eigenvalue weighted by atomic mass is 10.1. The van der Waals surface area contributed by atoms with Crippen molar-refractivity contribution in [2.75, 3.05) is 6.54 Å². The Morgan fingerprint density at radius 3 is 2.83 bits per heavy atom. The zero-order valence-electron chi connectivity index (χ0n) is 15.8. The van der Waals surface area contributed by atoms with Crippen molar-refractivity contribution >= 4 is 54.8 Å². The Morgan fingerprint density at radius 1 is 1.27 bits per heavy atom. The Kier molecular flexibility index (Phi) is 5.54. The monoisotopic (exact) mass is 462 g/mol. The number of nitrogen functional groups attached to an aromatic ring is 1. The van der Waals surface area contributed by atoms with E-state index in [0.717, 1.165) is 27.0 Å². The van der Waals surface area contributed by atoms with Gasteiger partial charge >= 0.3 is 0 Å². The van der Waals surface area contributed by atoms with Crippen molar-refractivity contribution in [1.29, 1.82) is 5.41 Å². The van der Waals surface area contributed by atoms with Crippen LogP contribution in [0.1, 0.15) is 17.5 Å². The van der Waals surface area contributed by atoms with E-state index in [4.69, 9.17) is 22.7 Å². The number of nitrogens with zero attached hydrogens (tertiary/aromatic N) is 1. The molecule has 3 aromatic rings. The summed E-state index contributed by atoms with van der Waals surface area (Å²) in [6.07, 6.45) is 0.390. The van der Waals surface area contributed by atoms with Gasteiger partial charge in [0.15, 0.2) is 0 Å². The van der Waals surface area contributed by atoms with Crippen LogP contribution < -0.4 is 10.5 Å². The lowest BCUT2D eigenvalue weighted by molar-refractivity contribution is -0.129. The largest absolute Gasteiger partial charge is 0.384 e. The quantitative estimate of drug-likeness (QED) is 0.385. The van der Waals surface area contributed by atoms with Gasteiger partial charge in [0, 0.05) is 28.4 Å². The van der Waals surface area contributed by atoms with E-state index in [0.29, 0.717) is 30.1 Å². The van der Waals surface area contributed by atoms with Gasteiger partial charge in [0.05, 0.1) is 0 Å². The molecule has 1 aliphatic rings. The Hall–Kier alpha value is -2.46. The highest BCUT2D eigenvalue weighted by Crippen LogP contribution is 2.31. The number of hydrogen-bond donors (Lipinski definition) is 3. The number of amidine groups is 1. The molecule has 1 fully saturated rings. The van der Waals surface area contributed by atoms with Gasteiger partial charge in [-0.1, -0.05) is 35.9 Å². The molecule has 1 aromatic heterocycles. The summed E-state index contributed by atoms with van der Waals surface area (Å²) in [5.41, 5.74) is 6.94. The van der Waals surface area contributed by atoms with E-state index in [1.54, 1.807) is 47.4 Å². The van der Waals surface area contributed by atoms with Crippen LogP contribution in [0.3, 0.4) is 0 Å². The van der Waals surface area contributed by atoms with Crippen molar-refractivity contribution < 1.29 is 13.2 Å². The van der Waals surface area contributed by atoms with Gasteiger partial charge in [0.25, 0.3) is 10.0 Å². The number of halogens is 1. The van der Waals surface area contributed by atoms with Gasteiger partial charge in [-0.05, 0) is 41.6 Å². The molecule has 4 N–H and O–H groups in total. The number of rotatable bonds is 6. The fourth-order valence-electron chi connectivity index (χ4n) is 3.42. The van der Waals surface area contributed by atoms with Crippen LogP contribution in [0.5, 0.6) is 0 Å². The molecule has 0 spiro atoms. The molecule has 0 unspecified atom stereocenters. The van der Waals surface area contributed by atoms with Gasteiger partial charge < -0.3 is 10.6 Å². The number of likely N-dealkylation sites (tertiary alicyclic amines) is 1. The Balaban J connectivity index is 1.48. The maximum absolute atomic E-state index is 12.8. The molecule has 0 aliphatic carbocycles. The molecule has 1 amide bonds. The third-order valence-electron chi connectivity index (χ3n) is 4.93. The van der Waals surface area contributed by atoms with Crippen LogP contribution in [0, 0.1) is 5.41 Å². The zero-order valence-corrected chi connectivity index (χ0v) is 18.2. The molecule has 0 bridgehead atoms. The summed E-state index contributed by atoms with van der Waals surface area (Å²) < 4.78 is 29.1. The SMILES string of the molecule is N=C(N)c1cccc(CN2CC[C@H](NS(=O)(=O)c3cc4ccc(Cl)cc4s3)C2=O)c1. The predicted octanol–water partition coefficient (Wildman–Crippen LogP) is 2.92. The summed E-state index contributed by atoms with van der Waals surface area (Å²) >= 11 is 7.10. The van der Waals surface area contributed by atoms with E-state index in [9.17, 15) is 13.2 Å². The summed E-state index contributed by atoms with van der Waals surface area (Å²) in [5.74, 6) is -0.309. The molecule has 10 heteroatoms. The lowest BCUT2D eigenvalue weighted by Crippen LogP contribution is -2.41. The third-order valence-corrected chi connectivity index (χ3v) is 8.21. The second kappa shape index (κ2) is 7.99. The van der Waals surface area contributed by atoms with Crippen LogP contribution in [-0.2, 0) is 21.4 Å². The average Bonchev–Trinajstić information content (AvgIpc) is 3.27. The molecular formula is C20H19ClN4O3S2. The molecule has 7 nitrogen and oxygen atoms in total. The molecule has 0 saturated carbocycles. The highest BCUT2D eigenvalue weighted by molar-refractivity contribution is 7.91. The minimum atomic E-state index is -3.83. The highest BCUT2D eigenvalue weighted by atomic mass is 35.5. The average molecular weight is 463 g/mol. The smallest absolute Gasteiger partial charge is 0.250 e. The van der Waals surface area contributed by atoms with Crippen molar-refractivity contribution in [2.45, 2.75) is 23.2 Å². The molecule has 2 heterocycles. The summed E-state index contributed by atoms with van der Waals surface area (Å²) in [6.45, 7) is 0.776. The molecule has 1 atom stereocenters. The lowest BCUT2D eigenvalue weighted by Gasteiger charge is -2.17. The molecule has 0 radical (unpaired) electrons. The van der Waals surface area contributed by atoms with E-state index in [1.807, 2.05) is 6.07 Å². The van der Waals surface area contributed by atoms with Gasteiger partial charge in [0.1, 0.15) is 16.1 Å². The van der Waals surface area contributed by atoms with Crippen LogP contribution in [0.15, 0.2) is 52.7 Å². The maximum atomic E-state index is 12.8. The van der Waals surface area contributed by atoms with E-state index >= 15 is 0 Å². The minimum absolute atomic E-state index is 0.0418. The van der Waals surface area contributed by atoms with Gasteiger partial charge in [-0.15, -0.1) is 11.3 Å². The van der Waals surface area contributed by atoms with Crippen LogP contribution in [0.25, 0.3) is 10.1 Å². The molecule has 2 aromatic carbocycles. The number of carbonyl (C=O) groups excluding carboxylic acids is 1. The number of benzene rings is 2. The highest BCUT2D eigenvalue weighted by Gasteiger charge is 2.35. The van der Waals surface area contributed by atoms with Crippen LogP contribution in [-0.4, -0.2) is 37.6 Å². The number of thiophene rings is 1. The number of fused-ring (bicyclic) bond motifs is 1. The first-order chi connectivity index (χ1) is 14.2. The number of hydrogen-bond acceptors (Lipinski definition) is 5. The molecule has 4 rings (SSSR count). The van der Waals surface area contributed by atoms with Crippen molar-refractivity contribution in [2.24, 2.45) is 5.73 Å². The number of nitrogens with two attached hydrogens (primary N) is 1. The second-order valence-electron chi connectivity index (χ2n) is 7.08. The fourth-order valence-corrected chi connectivity index (χ4v) is 6.34. The van der Waals surface area contributed by atoms with E-state index in [1.165, 1.54) is 0 Å². The van der Waals surface area contributed by atoms with Gasteiger partial charge in [-0.25, -0.2) is 8.42 Å². The van der Waals surface area contributed by atoms with Gasteiger partial charge in [-0.3, -0.25) is 10.2 Å². The summed E-state index contributed by atoms with van der Waals surface area (Å²) in [4.78, 5) is 14.4. The Labute approximate surface area is 183 Å². The minimum Gasteiger partial charge on any atom is -0.384 e. The molecular weight excluding hydrogens is 444 g/mol.